The molecule has 4 rings (SSSR count). The van der Waals surface area contributed by atoms with Crippen LogP contribution in [-0.4, -0.2) is 31.7 Å². The maximum absolute atomic E-state index is 13.2. The van der Waals surface area contributed by atoms with Gasteiger partial charge < -0.3 is 0 Å². The van der Waals surface area contributed by atoms with E-state index in [2.05, 4.69) is 4.98 Å². The van der Waals surface area contributed by atoms with E-state index in [0.717, 1.165) is 0 Å². The highest BCUT2D eigenvalue weighted by molar-refractivity contribution is 7.91. The molecule has 1 heterocycles. The normalized spacial score (nSPS) is 11.9. The molecule has 0 atom stereocenters. The zero-order chi connectivity index (χ0) is 26.1. The highest BCUT2D eigenvalue weighted by Gasteiger charge is 2.38. The van der Waals surface area contributed by atoms with Crippen molar-refractivity contribution in [3.05, 3.63) is 110 Å². The molecule has 0 fully saturated rings. The second-order valence-corrected chi connectivity index (χ2v) is 11.7. The van der Waals surface area contributed by atoms with Crippen molar-refractivity contribution < 1.29 is 26.7 Å². The van der Waals surface area contributed by atoms with Gasteiger partial charge in [-0.3, -0.25) is 20.2 Å². The predicted molar refractivity (Wildman–Crippen MR) is 130 cm³/mol. The van der Waals surface area contributed by atoms with Crippen LogP contribution in [0.15, 0.2) is 88.8 Å². The molecule has 0 N–H and O–H groups in total. The number of nitrogens with zero attached hydrogens (tertiary/aromatic N) is 3. The van der Waals surface area contributed by atoms with E-state index in [1.807, 2.05) is 0 Å². The highest BCUT2D eigenvalue weighted by Crippen LogP contribution is 2.42. The fraction of sp³-hybridized carbons (Fsp3) is 0.0870. The summed E-state index contributed by atoms with van der Waals surface area (Å²) in [4.78, 5) is 26.1. The first-order valence-corrected chi connectivity index (χ1v) is 13.6. The zero-order valence-corrected chi connectivity index (χ0v) is 20.0. The maximum atomic E-state index is 13.2. The molecule has 0 unspecified atom stereocenters. The van der Waals surface area contributed by atoms with E-state index in [1.54, 1.807) is 12.1 Å². The number of hydrogen-bond donors (Lipinski definition) is 0. The molecular formula is C23H17N3O8S2. The van der Waals surface area contributed by atoms with Crippen LogP contribution in [0.3, 0.4) is 0 Å². The number of nitro benzene ring substituents is 2. The SMILES string of the molecule is O=[N+]([O-])c1c(CS(=O)(=O)c2ccccc2)c([N+](=O)[O-])c2ncccc2c1CS(=O)(=O)c1ccccc1. The number of nitro groups is 2. The third-order valence-electron chi connectivity index (χ3n) is 5.45. The molecule has 0 aliphatic carbocycles. The van der Waals surface area contributed by atoms with Crippen LogP contribution < -0.4 is 0 Å². The van der Waals surface area contributed by atoms with Gasteiger partial charge in [0.25, 0.3) is 5.69 Å². The number of rotatable bonds is 8. The Morgan fingerprint density at radius 3 is 1.58 bits per heavy atom. The lowest BCUT2D eigenvalue weighted by atomic mass is 10.0. The molecule has 3 aromatic carbocycles. The molecule has 0 amide bonds. The van der Waals surface area contributed by atoms with Gasteiger partial charge in [0.15, 0.2) is 19.7 Å². The molecule has 11 nitrogen and oxygen atoms in total. The van der Waals surface area contributed by atoms with Crippen LogP contribution >= 0.6 is 0 Å². The fourth-order valence-corrected chi connectivity index (χ4v) is 6.71. The van der Waals surface area contributed by atoms with Gasteiger partial charge in [-0.05, 0) is 30.3 Å². The number of hydrogen-bond acceptors (Lipinski definition) is 9. The minimum atomic E-state index is -4.29. The fourth-order valence-electron chi connectivity index (χ4n) is 3.90. The molecule has 4 aromatic rings. The minimum absolute atomic E-state index is 0.117. The van der Waals surface area contributed by atoms with Gasteiger partial charge in [-0.25, -0.2) is 21.8 Å². The Balaban J connectivity index is 2.06. The van der Waals surface area contributed by atoms with Crippen molar-refractivity contribution in [2.24, 2.45) is 0 Å². The van der Waals surface area contributed by atoms with E-state index in [0.29, 0.717) is 0 Å². The summed E-state index contributed by atoms with van der Waals surface area (Å²) in [5, 5.41) is 24.2. The first-order valence-electron chi connectivity index (χ1n) is 10.3. The Hall–Kier alpha value is -4.23. The van der Waals surface area contributed by atoms with Gasteiger partial charge in [0.1, 0.15) is 11.1 Å². The second kappa shape index (κ2) is 9.43. The Kier molecular flexibility index (Phi) is 6.52. The van der Waals surface area contributed by atoms with E-state index in [9.17, 15) is 37.1 Å². The summed E-state index contributed by atoms with van der Waals surface area (Å²) >= 11 is 0. The van der Waals surface area contributed by atoms with Crippen molar-refractivity contribution in [2.75, 3.05) is 0 Å². The summed E-state index contributed by atoms with van der Waals surface area (Å²) in [7, 11) is -8.45. The van der Waals surface area contributed by atoms with Crippen molar-refractivity contribution >= 4 is 42.0 Å². The smallest absolute Gasteiger partial charge is 0.258 e. The van der Waals surface area contributed by atoms with Crippen molar-refractivity contribution in [2.45, 2.75) is 21.3 Å². The lowest BCUT2D eigenvalue weighted by molar-refractivity contribution is -0.394. The molecule has 1 aromatic heterocycles. The van der Waals surface area contributed by atoms with Gasteiger partial charge >= 0.3 is 5.69 Å². The summed E-state index contributed by atoms with van der Waals surface area (Å²) in [5.41, 5.74) is -3.27. The third kappa shape index (κ3) is 4.65. The minimum Gasteiger partial charge on any atom is -0.258 e. The number of aromatic nitrogens is 1. The van der Waals surface area contributed by atoms with Gasteiger partial charge in [-0.2, -0.15) is 0 Å². The number of fused-ring (bicyclic) bond motifs is 1. The average molecular weight is 528 g/mol. The first kappa shape index (κ1) is 24.9. The van der Waals surface area contributed by atoms with Crippen LogP contribution in [0.1, 0.15) is 11.1 Å². The summed E-state index contributed by atoms with van der Waals surface area (Å²) < 4.78 is 52.6. The van der Waals surface area contributed by atoms with Gasteiger partial charge in [0.05, 0.1) is 36.7 Å². The van der Waals surface area contributed by atoms with E-state index < -0.39 is 58.0 Å². The van der Waals surface area contributed by atoms with E-state index in [4.69, 9.17) is 0 Å². The molecule has 13 heteroatoms. The molecule has 36 heavy (non-hydrogen) atoms. The van der Waals surface area contributed by atoms with Crippen molar-refractivity contribution in [3.63, 3.8) is 0 Å². The summed E-state index contributed by atoms with van der Waals surface area (Å²) in [6.07, 6.45) is 1.20. The summed E-state index contributed by atoms with van der Waals surface area (Å²) in [5.74, 6) is -2.00. The topological polar surface area (TPSA) is 167 Å². The van der Waals surface area contributed by atoms with Crippen molar-refractivity contribution in [1.29, 1.82) is 0 Å². The quantitative estimate of drug-likeness (QED) is 0.243. The molecule has 184 valence electrons. The lowest BCUT2D eigenvalue weighted by Gasteiger charge is -2.13. The number of pyridine rings is 1. The first-order chi connectivity index (χ1) is 17.0. The van der Waals surface area contributed by atoms with Crippen molar-refractivity contribution in [3.8, 4) is 0 Å². The monoisotopic (exact) mass is 527 g/mol. The van der Waals surface area contributed by atoms with Crippen LogP contribution in [0.4, 0.5) is 11.4 Å². The summed E-state index contributed by atoms with van der Waals surface area (Å²) in [6, 6.07) is 16.8. The van der Waals surface area contributed by atoms with Crippen LogP contribution in [0.5, 0.6) is 0 Å². The zero-order valence-electron chi connectivity index (χ0n) is 18.3. The van der Waals surface area contributed by atoms with Gasteiger partial charge in [0.2, 0.25) is 0 Å². The largest absolute Gasteiger partial charge is 0.306 e. The van der Waals surface area contributed by atoms with Gasteiger partial charge in [0, 0.05) is 11.6 Å². The highest BCUT2D eigenvalue weighted by atomic mass is 32.2. The molecule has 0 radical (unpaired) electrons. The number of benzene rings is 3. The molecule has 0 aliphatic heterocycles. The van der Waals surface area contributed by atoms with E-state index in [-0.39, 0.29) is 26.3 Å². The molecular weight excluding hydrogens is 510 g/mol. The Bertz CT molecular complexity index is 1710. The Morgan fingerprint density at radius 2 is 1.11 bits per heavy atom. The maximum Gasteiger partial charge on any atom is 0.306 e. The number of sulfone groups is 2. The van der Waals surface area contributed by atoms with Crippen LogP contribution in [0, 0.1) is 20.2 Å². The molecule has 0 aliphatic rings. The van der Waals surface area contributed by atoms with E-state index >= 15 is 0 Å². The molecule has 0 spiro atoms. The second-order valence-electron chi connectivity index (χ2n) is 7.71. The third-order valence-corrected chi connectivity index (χ3v) is 8.77. The van der Waals surface area contributed by atoms with Gasteiger partial charge in [-0.15, -0.1) is 0 Å². The van der Waals surface area contributed by atoms with Crippen molar-refractivity contribution in [1.82, 2.24) is 4.98 Å². The molecule has 0 saturated carbocycles. The Morgan fingerprint density at radius 1 is 0.639 bits per heavy atom. The van der Waals surface area contributed by atoms with Crippen LogP contribution in [-0.2, 0) is 31.2 Å². The predicted octanol–water partition coefficient (Wildman–Crippen LogP) is 4.00. The standard InChI is InChI=1S/C23H17N3O8S2/c27-25(28)22-19(14-35(31,32)16-8-3-1-4-9-16)18-12-7-13-24-21(18)23(26(29)30)20(22)15-36(33,34)17-10-5-2-6-11-17/h1-13H,14-15H2. The lowest BCUT2D eigenvalue weighted by Crippen LogP contribution is -2.14. The molecule has 0 bridgehead atoms. The van der Waals surface area contributed by atoms with E-state index in [1.165, 1.54) is 66.9 Å². The Labute approximate surface area is 205 Å². The van der Waals surface area contributed by atoms with Crippen LogP contribution in [0.2, 0.25) is 0 Å². The average Bonchev–Trinajstić information content (AvgIpc) is 2.84. The summed E-state index contributed by atoms with van der Waals surface area (Å²) in [6.45, 7) is 0. The van der Waals surface area contributed by atoms with Crippen LogP contribution in [0.25, 0.3) is 10.9 Å². The molecule has 0 saturated heterocycles. The van der Waals surface area contributed by atoms with Gasteiger partial charge in [-0.1, -0.05) is 42.5 Å².